The summed E-state index contributed by atoms with van der Waals surface area (Å²) >= 11 is 0. The molecule has 2 rings (SSSR count). The Kier molecular flexibility index (Phi) is 6.66. The fraction of sp³-hybridized carbons (Fsp3) is 0.600. The Labute approximate surface area is 134 Å². The highest BCUT2D eigenvalue weighted by molar-refractivity contribution is 7.89. The lowest BCUT2D eigenvalue weighted by Crippen LogP contribution is -2.51. The van der Waals surface area contributed by atoms with Gasteiger partial charge in [-0.25, -0.2) is 8.42 Å². The molecule has 1 aliphatic rings. The maximum atomic E-state index is 12.6. The number of halogens is 1. The Bertz CT molecular complexity index is 543. The maximum Gasteiger partial charge on any atom is 0.243 e. The molecule has 0 bridgehead atoms. The molecule has 1 fully saturated rings. The maximum absolute atomic E-state index is 12.6. The third-order valence-electron chi connectivity index (χ3n) is 3.54. The molecular formula is C15H25ClN2O2S. The SMILES string of the molecule is CC(C)Cc1ccc(S(=O)(=O)N2CCN[C@H](C)C2)cc1.Cl. The molecule has 0 unspecified atom stereocenters. The van der Waals surface area contributed by atoms with Crippen LogP contribution in [0.4, 0.5) is 0 Å². The van der Waals surface area contributed by atoms with Gasteiger partial charge in [0.1, 0.15) is 0 Å². The van der Waals surface area contributed by atoms with Crippen molar-refractivity contribution in [3.63, 3.8) is 0 Å². The summed E-state index contributed by atoms with van der Waals surface area (Å²) in [5, 5.41) is 3.26. The molecule has 120 valence electrons. The zero-order valence-electron chi connectivity index (χ0n) is 12.9. The van der Waals surface area contributed by atoms with Gasteiger partial charge in [0.15, 0.2) is 0 Å². The molecule has 0 radical (unpaired) electrons. The number of piperazine rings is 1. The van der Waals surface area contributed by atoms with Crippen molar-refractivity contribution in [1.29, 1.82) is 0 Å². The minimum atomic E-state index is -3.35. The van der Waals surface area contributed by atoms with Crippen LogP contribution in [0.3, 0.4) is 0 Å². The first-order valence-electron chi connectivity index (χ1n) is 7.22. The Hall–Kier alpha value is -0.620. The van der Waals surface area contributed by atoms with E-state index in [0.29, 0.717) is 30.4 Å². The summed E-state index contributed by atoms with van der Waals surface area (Å²) in [6, 6.07) is 7.54. The quantitative estimate of drug-likeness (QED) is 0.920. The Morgan fingerprint density at radius 1 is 1.29 bits per heavy atom. The average molecular weight is 333 g/mol. The predicted octanol–water partition coefficient (Wildman–Crippen LogP) is 2.29. The lowest BCUT2D eigenvalue weighted by molar-refractivity contribution is 0.310. The van der Waals surface area contributed by atoms with Gasteiger partial charge in [0.25, 0.3) is 0 Å². The van der Waals surface area contributed by atoms with Crippen LogP contribution >= 0.6 is 12.4 Å². The molecule has 1 saturated heterocycles. The lowest BCUT2D eigenvalue weighted by Gasteiger charge is -2.31. The summed E-state index contributed by atoms with van der Waals surface area (Å²) in [6.07, 6.45) is 0.977. The molecule has 1 aromatic carbocycles. The van der Waals surface area contributed by atoms with Crippen LogP contribution < -0.4 is 5.32 Å². The predicted molar refractivity (Wildman–Crippen MR) is 88.5 cm³/mol. The highest BCUT2D eigenvalue weighted by Crippen LogP contribution is 2.19. The molecule has 1 aliphatic heterocycles. The van der Waals surface area contributed by atoms with Gasteiger partial charge in [-0.15, -0.1) is 12.4 Å². The molecule has 0 amide bonds. The topological polar surface area (TPSA) is 49.4 Å². The minimum Gasteiger partial charge on any atom is -0.312 e. The van der Waals surface area contributed by atoms with Crippen molar-refractivity contribution in [3.05, 3.63) is 29.8 Å². The standard InChI is InChI=1S/C15H24N2O2S.ClH/c1-12(2)10-14-4-6-15(7-5-14)20(18,19)17-9-8-16-13(3)11-17;/h4-7,12-13,16H,8-11H2,1-3H3;1H/t13-;/m1./s1. The summed E-state index contributed by atoms with van der Waals surface area (Å²) in [4.78, 5) is 0.402. The summed E-state index contributed by atoms with van der Waals surface area (Å²) in [6.45, 7) is 8.12. The van der Waals surface area contributed by atoms with E-state index < -0.39 is 10.0 Å². The summed E-state index contributed by atoms with van der Waals surface area (Å²) in [5.41, 5.74) is 1.19. The third kappa shape index (κ3) is 4.68. The second-order valence-electron chi connectivity index (χ2n) is 5.96. The Balaban J connectivity index is 0.00000220. The first kappa shape index (κ1) is 18.4. The minimum absolute atomic E-state index is 0. The van der Waals surface area contributed by atoms with Crippen LogP contribution in [0.1, 0.15) is 26.3 Å². The van der Waals surface area contributed by atoms with Gasteiger partial charge in [-0.2, -0.15) is 4.31 Å². The van der Waals surface area contributed by atoms with Crippen molar-refractivity contribution >= 4 is 22.4 Å². The van der Waals surface area contributed by atoms with Crippen LogP contribution in [0.25, 0.3) is 0 Å². The third-order valence-corrected chi connectivity index (χ3v) is 5.42. The Morgan fingerprint density at radius 2 is 1.90 bits per heavy atom. The van der Waals surface area contributed by atoms with Gasteiger partial charge in [-0.05, 0) is 37.0 Å². The van der Waals surface area contributed by atoms with E-state index >= 15 is 0 Å². The molecule has 0 saturated carbocycles. The van der Waals surface area contributed by atoms with Crippen LogP contribution in [0.5, 0.6) is 0 Å². The highest BCUT2D eigenvalue weighted by atomic mass is 35.5. The normalized spacial score (nSPS) is 20.3. The monoisotopic (exact) mass is 332 g/mol. The van der Waals surface area contributed by atoms with Crippen molar-refractivity contribution < 1.29 is 8.42 Å². The fourth-order valence-corrected chi connectivity index (χ4v) is 4.06. The fourth-order valence-electron chi connectivity index (χ4n) is 2.53. The molecule has 4 nitrogen and oxygen atoms in total. The van der Waals surface area contributed by atoms with E-state index in [4.69, 9.17) is 0 Å². The second-order valence-corrected chi connectivity index (χ2v) is 7.90. The number of sulfonamides is 1. The van der Waals surface area contributed by atoms with E-state index in [0.717, 1.165) is 6.42 Å². The van der Waals surface area contributed by atoms with Gasteiger partial charge in [0.05, 0.1) is 4.90 Å². The van der Waals surface area contributed by atoms with Crippen LogP contribution in [-0.4, -0.2) is 38.4 Å². The first-order chi connectivity index (χ1) is 9.39. The smallest absolute Gasteiger partial charge is 0.243 e. The number of nitrogens with one attached hydrogen (secondary N) is 1. The van der Waals surface area contributed by atoms with E-state index in [9.17, 15) is 8.42 Å². The number of hydrogen-bond acceptors (Lipinski definition) is 3. The lowest BCUT2D eigenvalue weighted by atomic mass is 10.0. The van der Waals surface area contributed by atoms with Gasteiger partial charge in [0, 0.05) is 25.7 Å². The van der Waals surface area contributed by atoms with Crippen LogP contribution in [0.2, 0.25) is 0 Å². The van der Waals surface area contributed by atoms with Crippen molar-refractivity contribution in [3.8, 4) is 0 Å². The van der Waals surface area contributed by atoms with Crippen molar-refractivity contribution in [2.75, 3.05) is 19.6 Å². The van der Waals surface area contributed by atoms with Crippen molar-refractivity contribution in [2.45, 2.75) is 38.1 Å². The van der Waals surface area contributed by atoms with Gasteiger partial charge in [-0.1, -0.05) is 26.0 Å². The number of rotatable bonds is 4. The highest BCUT2D eigenvalue weighted by Gasteiger charge is 2.28. The molecule has 0 aliphatic carbocycles. The van der Waals surface area contributed by atoms with E-state index in [-0.39, 0.29) is 18.4 Å². The van der Waals surface area contributed by atoms with Crippen LogP contribution in [0.15, 0.2) is 29.2 Å². The number of hydrogen-bond donors (Lipinski definition) is 1. The van der Waals surface area contributed by atoms with Gasteiger partial charge in [-0.3, -0.25) is 0 Å². The average Bonchev–Trinajstić information content (AvgIpc) is 2.38. The summed E-state index contributed by atoms with van der Waals surface area (Å²) in [5.74, 6) is 0.575. The Morgan fingerprint density at radius 3 is 2.43 bits per heavy atom. The second kappa shape index (κ2) is 7.58. The van der Waals surface area contributed by atoms with Crippen LogP contribution in [0, 0.1) is 5.92 Å². The molecule has 1 atom stereocenters. The molecule has 1 heterocycles. The first-order valence-corrected chi connectivity index (χ1v) is 8.66. The van der Waals surface area contributed by atoms with E-state index in [1.54, 1.807) is 16.4 Å². The zero-order chi connectivity index (χ0) is 14.8. The molecule has 0 aromatic heterocycles. The van der Waals surface area contributed by atoms with Gasteiger partial charge < -0.3 is 5.32 Å². The molecule has 1 N–H and O–H groups in total. The molecule has 21 heavy (non-hydrogen) atoms. The largest absolute Gasteiger partial charge is 0.312 e. The molecule has 0 spiro atoms. The van der Waals surface area contributed by atoms with Crippen molar-refractivity contribution in [2.24, 2.45) is 5.92 Å². The van der Waals surface area contributed by atoms with E-state index in [2.05, 4.69) is 19.2 Å². The number of benzene rings is 1. The van der Waals surface area contributed by atoms with Gasteiger partial charge >= 0.3 is 0 Å². The van der Waals surface area contributed by atoms with Crippen LogP contribution in [-0.2, 0) is 16.4 Å². The molecular weight excluding hydrogens is 308 g/mol. The summed E-state index contributed by atoms with van der Waals surface area (Å²) < 4.78 is 26.7. The van der Waals surface area contributed by atoms with E-state index in [1.807, 2.05) is 19.1 Å². The zero-order valence-corrected chi connectivity index (χ0v) is 14.5. The van der Waals surface area contributed by atoms with Crippen molar-refractivity contribution in [1.82, 2.24) is 9.62 Å². The van der Waals surface area contributed by atoms with Gasteiger partial charge in [0.2, 0.25) is 10.0 Å². The summed E-state index contributed by atoms with van der Waals surface area (Å²) in [7, 11) is -3.35. The molecule has 6 heteroatoms. The van der Waals surface area contributed by atoms with E-state index in [1.165, 1.54) is 5.56 Å². The number of nitrogens with zero attached hydrogens (tertiary/aromatic N) is 1. The molecule has 1 aromatic rings.